The summed E-state index contributed by atoms with van der Waals surface area (Å²) in [7, 11) is 1.80. The zero-order valence-corrected chi connectivity index (χ0v) is 12.3. The van der Waals surface area contributed by atoms with Crippen molar-refractivity contribution in [2.24, 2.45) is 7.05 Å². The highest BCUT2D eigenvalue weighted by Gasteiger charge is 2.16. The summed E-state index contributed by atoms with van der Waals surface area (Å²) in [6.07, 6.45) is 3.23. The molecule has 0 bridgehead atoms. The Morgan fingerprint density at radius 1 is 1.33 bits per heavy atom. The highest BCUT2D eigenvalue weighted by molar-refractivity contribution is 6.34. The van der Waals surface area contributed by atoms with Crippen LogP contribution in [0.15, 0.2) is 30.6 Å². The molecule has 0 spiro atoms. The predicted octanol–water partition coefficient (Wildman–Crippen LogP) is 3.85. The van der Waals surface area contributed by atoms with Crippen LogP contribution >= 0.6 is 23.2 Å². The second-order valence-electron chi connectivity index (χ2n) is 4.45. The predicted molar refractivity (Wildman–Crippen MR) is 80.6 cm³/mol. The van der Waals surface area contributed by atoms with Gasteiger partial charge in [-0.05, 0) is 17.7 Å². The van der Waals surface area contributed by atoms with Crippen LogP contribution in [-0.2, 0) is 7.05 Å². The van der Waals surface area contributed by atoms with E-state index in [0.717, 1.165) is 10.9 Å². The molecular formula is C13H8Cl2N4O2. The third-order valence-corrected chi connectivity index (χ3v) is 3.61. The minimum atomic E-state index is -0.430. The normalized spacial score (nSPS) is 11.0. The molecule has 0 aliphatic heterocycles. The Kier molecular flexibility index (Phi) is 3.27. The SMILES string of the molecule is Cn1cc(-c2nc(Cl)ncc2Cl)c2ccc([N+](=O)[O-])cc21. The molecule has 0 N–H and O–H groups in total. The van der Waals surface area contributed by atoms with Crippen LogP contribution in [0.3, 0.4) is 0 Å². The Balaban J connectivity index is 2.29. The van der Waals surface area contributed by atoms with Crippen molar-refractivity contribution >= 4 is 39.8 Å². The van der Waals surface area contributed by atoms with Crippen LogP contribution in [0, 0.1) is 10.1 Å². The van der Waals surface area contributed by atoms with Crippen LogP contribution in [0.25, 0.3) is 22.2 Å². The lowest BCUT2D eigenvalue weighted by molar-refractivity contribution is -0.384. The van der Waals surface area contributed by atoms with Gasteiger partial charge in [-0.15, -0.1) is 0 Å². The molecule has 1 aromatic carbocycles. The molecule has 0 amide bonds. The summed E-state index contributed by atoms with van der Waals surface area (Å²) < 4.78 is 1.78. The summed E-state index contributed by atoms with van der Waals surface area (Å²) >= 11 is 11.9. The van der Waals surface area contributed by atoms with E-state index in [9.17, 15) is 10.1 Å². The van der Waals surface area contributed by atoms with Gasteiger partial charge in [0.15, 0.2) is 0 Å². The summed E-state index contributed by atoms with van der Waals surface area (Å²) in [6.45, 7) is 0. The van der Waals surface area contributed by atoms with Crippen LogP contribution in [0.1, 0.15) is 0 Å². The van der Waals surface area contributed by atoms with Gasteiger partial charge < -0.3 is 4.57 Å². The molecule has 0 unspecified atom stereocenters. The molecule has 6 nitrogen and oxygen atoms in total. The van der Waals surface area contributed by atoms with Crippen LogP contribution in [0.2, 0.25) is 10.3 Å². The molecule has 0 atom stereocenters. The highest BCUT2D eigenvalue weighted by atomic mass is 35.5. The minimum absolute atomic E-state index is 0.0297. The molecule has 106 valence electrons. The van der Waals surface area contributed by atoms with Crippen LogP contribution in [-0.4, -0.2) is 19.5 Å². The van der Waals surface area contributed by atoms with Gasteiger partial charge in [-0.2, -0.15) is 0 Å². The Bertz CT molecular complexity index is 876. The molecule has 3 rings (SSSR count). The maximum Gasteiger partial charge on any atom is 0.271 e. The number of nitro groups is 1. The molecule has 0 fully saturated rings. The van der Waals surface area contributed by atoms with Crippen molar-refractivity contribution in [3.63, 3.8) is 0 Å². The quantitative estimate of drug-likeness (QED) is 0.408. The summed E-state index contributed by atoms with van der Waals surface area (Å²) in [5, 5.41) is 12.1. The first kappa shape index (κ1) is 13.8. The molecular weight excluding hydrogens is 315 g/mol. The van der Waals surface area contributed by atoms with Crippen molar-refractivity contribution < 1.29 is 4.92 Å². The van der Waals surface area contributed by atoms with Gasteiger partial charge in [0.2, 0.25) is 5.28 Å². The van der Waals surface area contributed by atoms with E-state index in [0.29, 0.717) is 16.2 Å². The fraction of sp³-hybridized carbons (Fsp3) is 0.0769. The number of nitrogens with zero attached hydrogens (tertiary/aromatic N) is 4. The Hall–Kier alpha value is -2.18. The average Bonchev–Trinajstić information content (AvgIpc) is 2.78. The van der Waals surface area contributed by atoms with Gasteiger partial charge in [-0.25, -0.2) is 9.97 Å². The molecule has 0 aliphatic rings. The number of hydrogen-bond donors (Lipinski definition) is 0. The van der Waals surface area contributed by atoms with Gasteiger partial charge in [0.05, 0.1) is 27.4 Å². The van der Waals surface area contributed by atoms with Gasteiger partial charge >= 0.3 is 0 Å². The fourth-order valence-corrected chi connectivity index (χ4v) is 2.54. The number of rotatable bonds is 2. The minimum Gasteiger partial charge on any atom is -0.350 e. The molecule has 2 aromatic heterocycles. The number of nitro benzene ring substituents is 1. The van der Waals surface area contributed by atoms with Crippen LogP contribution in [0.4, 0.5) is 5.69 Å². The van der Waals surface area contributed by atoms with E-state index in [2.05, 4.69) is 9.97 Å². The average molecular weight is 323 g/mol. The summed E-state index contributed by atoms with van der Waals surface area (Å²) in [5.41, 5.74) is 1.99. The molecule has 21 heavy (non-hydrogen) atoms. The smallest absolute Gasteiger partial charge is 0.271 e. The van der Waals surface area contributed by atoms with Gasteiger partial charge in [-0.1, -0.05) is 11.6 Å². The molecule has 0 radical (unpaired) electrons. The van der Waals surface area contributed by atoms with E-state index in [1.165, 1.54) is 18.3 Å². The van der Waals surface area contributed by atoms with Gasteiger partial charge in [-0.3, -0.25) is 10.1 Å². The molecule has 0 saturated heterocycles. The van der Waals surface area contributed by atoms with Crippen molar-refractivity contribution in [1.82, 2.24) is 14.5 Å². The largest absolute Gasteiger partial charge is 0.350 e. The maximum absolute atomic E-state index is 10.9. The second kappa shape index (κ2) is 4.98. The number of aromatic nitrogens is 3. The number of aryl methyl sites for hydroxylation is 1. The summed E-state index contributed by atoms with van der Waals surface area (Å²) in [5.74, 6) is 0. The van der Waals surface area contributed by atoms with Crippen molar-refractivity contribution in [3.05, 3.63) is 51.0 Å². The first-order chi connectivity index (χ1) is 9.97. The molecule has 0 saturated carbocycles. The van der Waals surface area contributed by atoms with E-state index in [1.54, 1.807) is 23.9 Å². The molecule has 3 aromatic rings. The van der Waals surface area contributed by atoms with E-state index in [-0.39, 0.29) is 11.0 Å². The number of non-ortho nitro benzene ring substituents is 1. The first-order valence-electron chi connectivity index (χ1n) is 5.89. The van der Waals surface area contributed by atoms with Gasteiger partial charge in [0.1, 0.15) is 0 Å². The monoisotopic (exact) mass is 322 g/mol. The highest BCUT2D eigenvalue weighted by Crippen LogP contribution is 2.34. The van der Waals surface area contributed by atoms with E-state index in [1.807, 2.05) is 0 Å². The van der Waals surface area contributed by atoms with Crippen molar-refractivity contribution in [2.75, 3.05) is 0 Å². The van der Waals surface area contributed by atoms with E-state index < -0.39 is 4.92 Å². The van der Waals surface area contributed by atoms with E-state index >= 15 is 0 Å². The topological polar surface area (TPSA) is 73.8 Å². The number of fused-ring (bicyclic) bond motifs is 1. The zero-order valence-electron chi connectivity index (χ0n) is 10.7. The molecule has 2 heterocycles. The van der Waals surface area contributed by atoms with Crippen molar-refractivity contribution in [3.8, 4) is 11.3 Å². The van der Waals surface area contributed by atoms with Gasteiger partial charge in [0.25, 0.3) is 5.69 Å². The fourth-order valence-electron chi connectivity index (χ4n) is 2.21. The summed E-state index contributed by atoms with van der Waals surface area (Å²) in [6, 6.07) is 4.63. The lowest BCUT2D eigenvalue weighted by Gasteiger charge is -2.01. The number of benzene rings is 1. The van der Waals surface area contributed by atoms with Gasteiger partial charge in [0, 0.05) is 36.3 Å². The number of halogens is 2. The lowest BCUT2D eigenvalue weighted by Crippen LogP contribution is -1.89. The first-order valence-corrected chi connectivity index (χ1v) is 6.65. The summed E-state index contributed by atoms with van der Waals surface area (Å²) in [4.78, 5) is 18.4. The van der Waals surface area contributed by atoms with Crippen molar-refractivity contribution in [2.45, 2.75) is 0 Å². The standard InChI is InChI=1S/C13H8Cl2N4O2/c1-18-6-9(12-10(14)5-16-13(15)17-12)8-3-2-7(19(20)21)4-11(8)18/h2-6H,1H3. The van der Waals surface area contributed by atoms with Crippen LogP contribution < -0.4 is 0 Å². The maximum atomic E-state index is 10.9. The Labute approximate surface area is 129 Å². The van der Waals surface area contributed by atoms with E-state index in [4.69, 9.17) is 23.2 Å². The van der Waals surface area contributed by atoms with Crippen molar-refractivity contribution in [1.29, 1.82) is 0 Å². The Morgan fingerprint density at radius 2 is 2.10 bits per heavy atom. The Morgan fingerprint density at radius 3 is 2.81 bits per heavy atom. The van der Waals surface area contributed by atoms with Crippen LogP contribution in [0.5, 0.6) is 0 Å². The molecule has 8 heteroatoms. The third-order valence-electron chi connectivity index (χ3n) is 3.15. The zero-order chi connectivity index (χ0) is 15.1. The third kappa shape index (κ3) is 2.32. The second-order valence-corrected chi connectivity index (χ2v) is 5.19. The lowest BCUT2D eigenvalue weighted by atomic mass is 10.1. The number of hydrogen-bond acceptors (Lipinski definition) is 4. The molecule has 0 aliphatic carbocycles.